The minimum atomic E-state index is -0.805. The zero-order valence-electron chi connectivity index (χ0n) is 12.9. The number of carbonyl (C=O) groups is 2. The van der Waals surface area contributed by atoms with Gasteiger partial charge in [-0.15, -0.1) is 0 Å². The van der Waals surface area contributed by atoms with E-state index in [4.69, 9.17) is 5.11 Å². The van der Waals surface area contributed by atoms with Crippen molar-refractivity contribution in [2.24, 2.45) is 5.92 Å². The monoisotopic (exact) mass is 380 g/mol. The van der Waals surface area contributed by atoms with Gasteiger partial charge in [0.05, 0.1) is 5.92 Å². The Kier molecular flexibility index (Phi) is 5.02. The molecule has 2 aliphatic heterocycles. The van der Waals surface area contributed by atoms with Crippen molar-refractivity contribution in [3.05, 3.63) is 34.3 Å². The van der Waals surface area contributed by atoms with Gasteiger partial charge in [0.1, 0.15) is 6.04 Å². The van der Waals surface area contributed by atoms with Gasteiger partial charge in [0, 0.05) is 17.6 Å². The Morgan fingerprint density at radius 3 is 2.57 bits per heavy atom. The number of nitrogens with zero attached hydrogens (tertiary/aromatic N) is 2. The van der Waals surface area contributed by atoms with Crippen molar-refractivity contribution in [2.45, 2.75) is 25.3 Å². The molecule has 1 amide bonds. The van der Waals surface area contributed by atoms with Gasteiger partial charge in [0.2, 0.25) is 5.91 Å². The van der Waals surface area contributed by atoms with Gasteiger partial charge >= 0.3 is 5.97 Å². The van der Waals surface area contributed by atoms with Crippen LogP contribution in [0.25, 0.3) is 0 Å². The lowest BCUT2D eigenvalue weighted by molar-refractivity contribution is -0.141. The fourth-order valence-corrected chi connectivity index (χ4v) is 3.94. The summed E-state index contributed by atoms with van der Waals surface area (Å²) in [4.78, 5) is 28.2. The van der Waals surface area contributed by atoms with Gasteiger partial charge in [0.25, 0.3) is 0 Å². The topological polar surface area (TPSA) is 60.9 Å². The van der Waals surface area contributed by atoms with Crippen LogP contribution in [-0.2, 0) is 9.59 Å². The molecule has 5 nitrogen and oxygen atoms in total. The van der Waals surface area contributed by atoms with Crippen LogP contribution in [0.15, 0.2) is 28.7 Å². The van der Waals surface area contributed by atoms with Crippen LogP contribution in [0.4, 0.5) is 0 Å². The predicted molar refractivity (Wildman–Crippen MR) is 90.0 cm³/mol. The van der Waals surface area contributed by atoms with Gasteiger partial charge < -0.3 is 10.0 Å². The van der Waals surface area contributed by atoms with Gasteiger partial charge in [-0.05, 0) is 50.0 Å². The average Bonchev–Trinajstić information content (AvgIpc) is 3.19. The number of amides is 1. The third kappa shape index (κ3) is 3.58. The molecule has 2 fully saturated rings. The molecule has 1 N–H and O–H groups in total. The van der Waals surface area contributed by atoms with Gasteiger partial charge in [-0.1, -0.05) is 28.1 Å². The Hall–Kier alpha value is -1.40. The number of carboxylic acid groups (broad SMARTS) is 1. The third-order valence-electron chi connectivity index (χ3n) is 4.75. The van der Waals surface area contributed by atoms with Crippen LogP contribution in [0.2, 0.25) is 0 Å². The molecule has 0 aliphatic carbocycles. The smallest absolute Gasteiger partial charge is 0.308 e. The van der Waals surface area contributed by atoms with Crippen LogP contribution in [-0.4, -0.2) is 53.0 Å². The molecule has 2 heterocycles. The molecule has 124 valence electrons. The summed E-state index contributed by atoms with van der Waals surface area (Å²) in [6, 6.07) is 7.57. The minimum Gasteiger partial charge on any atom is -0.481 e. The van der Waals surface area contributed by atoms with Crippen molar-refractivity contribution in [3.8, 4) is 0 Å². The largest absolute Gasteiger partial charge is 0.481 e. The molecule has 6 heteroatoms. The highest BCUT2D eigenvalue weighted by Crippen LogP contribution is 2.30. The summed E-state index contributed by atoms with van der Waals surface area (Å²) < 4.78 is 0.955. The zero-order chi connectivity index (χ0) is 16.4. The molecule has 0 unspecified atom stereocenters. The highest BCUT2D eigenvalue weighted by atomic mass is 79.9. The molecule has 0 bridgehead atoms. The molecule has 0 aromatic heterocycles. The fraction of sp³-hybridized carbons (Fsp3) is 0.529. The van der Waals surface area contributed by atoms with E-state index in [0.29, 0.717) is 19.5 Å². The number of carboxylic acids is 1. The van der Waals surface area contributed by atoms with E-state index in [9.17, 15) is 9.59 Å². The SMILES string of the molecule is O=C(O)[C@@H]1CCN(C(=O)[C@@H](c2cccc(Br)c2)N2CCCC2)C1. The van der Waals surface area contributed by atoms with Crippen LogP contribution < -0.4 is 0 Å². The summed E-state index contributed by atoms with van der Waals surface area (Å²) in [5, 5.41) is 9.16. The van der Waals surface area contributed by atoms with Crippen molar-refractivity contribution in [1.82, 2.24) is 9.80 Å². The van der Waals surface area contributed by atoms with Crippen molar-refractivity contribution < 1.29 is 14.7 Å². The summed E-state index contributed by atoms with van der Waals surface area (Å²) in [6.45, 7) is 2.69. The van der Waals surface area contributed by atoms with Gasteiger partial charge in [-0.2, -0.15) is 0 Å². The highest BCUT2D eigenvalue weighted by Gasteiger charge is 2.37. The maximum Gasteiger partial charge on any atom is 0.308 e. The van der Waals surface area contributed by atoms with Crippen LogP contribution in [0, 0.1) is 5.92 Å². The van der Waals surface area contributed by atoms with Crippen LogP contribution in [0.1, 0.15) is 30.9 Å². The Balaban J connectivity index is 1.83. The third-order valence-corrected chi connectivity index (χ3v) is 5.25. The van der Waals surface area contributed by atoms with E-state index >= 15 is 0 Å². The predicted octanol–water partition coefficient (Wildman–Crippen LogP) is 2.52. The summed E-state index contributed by atoms with van der Waals surface area (Å²) in [5.41, 5.74) is 0.977. The van der Waals surface area contributed by atoms with Crippen molar-refractivity contribution in [2.75, 3.05) is 26.2 Å². The van der Waals surface area contributed by atoms with Crippen molar-refractivity contribution in [3.63, 3.8) is 0 Å². The second-order valence-corrected chi connectivity index (χ2v) is 7.22. The maximum absolute atomic E-state index is 13.1. The highest BCUT2D eigenvalue weighted by molar-refractivity contribution is 9.10. The number of likely N-dealkylation sites (tertiary alicyclic amines) is 2. The van der Waals surface area contributed by atoms with Gasteiger partial charge in [0.15, 0.2) is 0 Å². The van der Waals surface area contributed by atoms with Crippen LogP contribution >= 0.6 is 15.9 Å². The van der Waals surface area contributed by atoms with Gasteiger partial charge in [-0.25, -0.2) is 0 Å². The van der Waals surface area contributed by atoms with E-state index in [1.165, 1.54) is 0 Å². The quantitative estimate of drug-likeness (QED) is 0.871. The summed E-state index contributed by atoms with van der Waals surface area (Å²) in [5.74, 6) is -1.20. The number of hydrogen-bond donors (Lipinski definition) is 1. The number of aliphatic carboxylic acids is 1. The molecule has 1 aromatic rings. The van der Waals surface area contributed by atoms with E-state index in [2.05, 4.69) is 20.8 Å². The van der Waals surface area contributed by atoms with E-state index in [1.807, 2.05) is 24.3 Å². The second kappa shape index (κ2) is 7.01. The van der Waals surface area contributed by atoms with E-state index < -0.39 is 11.9 Å². The Labute approximate surface area is 144 Å². The Bertz CT molecular complexity index is 601. The second-order valence-electron chi connectivity index (χ2n) is 6.31. The molecule has 2 aliphatic rings. The van der Waals surface area contributed by atoms with Crippen LogP contribution in [0.3, 0.4) is 0 Å². The number of hydrogen-bond acceptors (Lipinski definition) is 3. The summed E-state index contributed by atoms with van der Waals surface area (Å²) in [7, 11) is 0. The molecule has 2 saturated heterocycles. The molecule has 0 spiro atoms. The van der Waals surface area contributed by atoms with E-state index in [0.717, 1.165) is 36.0 Å². The Morgan fingerprint density at radius 2 is 1.96 bits per heavy atom. The lowest BCUT2D eigenvalue weighted by atomic mass is 10.0. The first-order valence-corrected chi connectivity index (χ1v) is 8.86. The first-order chi connectivity index (χ1) is 11.1. The van der Waals surface area contributed by atoms with Crippen LogP contribution in [0.5, 0.6) is 0 Å². The van der Waals surface area contributed by atoms with E-state index in [-0.39, 0.29) is 11.9 Å². The molecule has 3 rings (SSSR count). The molecular weight excluding hydrogens is 360 g/mol. The lowest BCUT2D eigenvalue weighted by Crippen LogP contribution is -2.41. The zero-order valence-corrected chi connectivity index (χ0v) is 14.5. The normalized spacial score (nSPS) is 23.2. The fourth-order valence-electron chi connectivity index (χ4n) is 3.52. The number of benzene rings is 1. The summed E-state index contributed by atoms with van der Waals surface area (Å²) in [6.07, 6.45) is 2.76. The van der Waals surface area contributed by atoms with Crippen molar-refractivity contribution >= 4 is 27.8 Å². The lowest BCUT2D eigenvalue weighted by Gasteiger charge is -2.30. The standard InChI is InChI=1S/C17H21BrN2O3/c18-14-5-3-4-12(10-14)15(19-7-1-2-8-19)16(21)20-9-6-13(11-20)17(22)23/h3-5,10,13,15H,1-2,6-9,11H2,(H,22,23)/t13-,15-/m1/s1. The molecule has 2 atom stereocenters. The average molecular weight is 381 g/mol. The number of carbonyl (C=O) groups excluding carboxylic acids is 1. The summed E-state index contributed by atoms with van der Waals surface area (Å²) >= 11 is 3.48. The first kappa shape index (κ1) is 16.5. The molecule has 23 heavy (non-hydrogen) atoms. The van der Waals surface area contributed by atoms with Crippen molar-refractivity contribution in [1.29, 1.82) is 0 Å². The maximum atomic E-state index is 13.1. The molecular formula is C17H21BrN2O3. The number of rotatable bonds is 4. The minimum absolute atomic E-state index is 0.0359. The Morgan fingerprint density at radius 1 is 1.22 bits per heavy atom. The molecule has 1 aromatic carbocycles. The first-order valence-electron chi connectivity index (χ1n) is 8.07. The van der Waals surface area contributed by atoms with E-state index in [1.54, 1.807) is 4.90 Å². The number of halogens is 1. The molecule has 0 radical (unpaired) electrons. The van der Waals surface area contributed by atoms with Gasteiger partial charge in [-0.3, -0.25) is 14.5 Å². The molecule has 0 saturated carbocycles.